The van der Waals surface area contributed by atoms with E-state index in [2.05, 4.69) is 5.32 Å². The van der Waals surface area contributed by atoms with Crippen LogP contribution in [0.2, 0.25) is 5.02 Å². The molecule has 0 aliphatic heterocycles. The highest BCUT2D eigenvalue weighted by atomic mass is 35.5. The molecule has 33 heavy (non-hydrogen) atoms. The Morgan fingerprint density at radius 2 is 1.67 bits per heavy atom. The summed E-state index contributed by atoms with van der Waals surface area (Å²) >= 11 is 6.03. The zero-order chi connectivity index (χ0) is 23.6. The normalized spacial score (nSPS) is 14.9. The number of rotatable bonds is 10. The molecule has 6 nitrogen and oxygen atoms in total. The van der Waals surface area contributed by atoms with Gasteiger partial charge in [0.2, 0.25) is 5.91 Å². The molecule has 0 saturated heterocycles. The summed E-state index contributed by atoms with van der Waals surface area (Å²) in [5.41, 5.74) is 0.904. The van der Waals surface area contributed by atoms with Crippen molar-refractivity contribution in [2.24, 2.45) is 0 Å². The number of methoxy groups -OCH3 is 1. The van der Waals surface area contributed by atoms with E-state index in [0.29, 0.717) is 29.5 Å². The van der Waals surface area contributed by atoms with E-state index in [1.54, 1.807) is 48.4 Å². The number of benzene rings is 2. The summed E-state index contributed by atoms with van der Waals surface area (Å²) in [7, 11) is 1.59. The van der Waals surface area contributed by atoms with Gasteiger partial charge in [0.1, 0.15) is 17.5 Å². The topological polar surface area (TPSA) is 67.9 Å². The van der Waals surface area contributed by atoms with Gasteiger partial charge in [0.15, 0.2) is 6.61 Å². The summed E-state index contributed by atoms with van der Waals surface area (Å²) in [4.78, 5) is 28.1. The van der Waals surface area contributed by atoms with Crippen molar-refractivity contribution in [3.05, 3.63) is 59.1 Å². The van der Waals surface area contributed by atoms with E-state index in [0.717, 1.165) is 31.2 Å². The Bertz CT molecular complexity index is 896. The predicted octanol–water partition coefficient (Wildman–Crippen LogP) is 4.98. The molecular formula is C26H33ClN2O4. The van der Waals surface area contributed by atoms with Crippen LogP contribution in [0.25, 0.3) is 0 Å². The molecule has 0 heterocycles. The van der Waals surface area contributed by atoms with Gasteiger partial charge in [-0.1, -0.05) is 49.9 Å². The van der Waals surface area contributed by atoms with Gasteiger partial charge in [0.25, 0.3) is 5.91 Å². The van der Waals surface area contributed by atoms with Crippen LogP contribution < -0.4 is 14.8 Å². The van der Waals surface area contributed by atoms with Gasteiger partial charge in [0.05, 0.1) is 7.11 Å². The second kappa shape index (κ2) is 12.5. The third-order valence-corrected chi connectivity index (χ3v) is 6.28. The number of hydrogen-bond acceptors (Lipinski definition) is 4. The lowest BCUT2D eigenvalue weighted by atomic mass is 9.95. The monoisotopic (exact) mass is 472 g/mol. The van der Waals surface area contributed by atoms with Crippen LogP contribution in [0.3, 0.4) is 0 Å². The summed E-state index contributed by atoms with van der Waals surface area (Å²) in [6, 6.07) is 14.0. The molecule has 1 fully saturated rings. The summed E-state index contributed by atoms with van der Waals surface area (Å²) in [5.74, 6) is 0.932. The zero-order valence-electron chi connectivity index (χ0n) is 19.4. The van der Waals surface area contributed by atoms with Gasteiger partial charge >= 0.3 is 0 Å². The van der Waals surface area contributed by atoms with E-state index < -0.39 is 6.04 Å². The molecule has 1 N–H and O–H groups in total. The molecule has 0 aromatic heterocycles. The maximum atomic E-state index is 13.3. The zero-order valence-corrected chi connectivity index (χ0v) is 20.1. The Morgan fingerprint density at radius 3 is 2.27 bits per heavy atom. The van der Waals surface area contributed by atoms with Gasteiger partial charge in [-0.2, -0.15) is 0 Å². The smallest absolute Gasteiger partial charge is 0.261 e. The van der Waals surface area contributed by atoms with E-state index in [4.69, 9.17) is 21.1 Å². The molecule has 0 radical (unpaired) electrons. The molecule has 3 rings (SSSR count). The highest BCUT2D eigenvalue weighted by molar-refractivity contribution is 6.30. The third kappa shape index (κ3) is 7.39. The van der Waals surface area contributed by atoms with Gasteiger partial charge in [-0.15, -0.1) is 0 Å². The van der Waals surface area contributed by atoms with Crippen molar-refractivity contribution in [1.29, 1.82) is 0 Å². The molecule has 178 valence electrons. The number of carbonyl (C=O) groups excluding carboxylic acids is 2. The number of nitrogens with zero attached hydrogens (tertiary/aromatic N) is 1. The van der Waals surface area contributed by atoms with Crippen molar-refractivity contribution in [3.8, 4) is 11.5 Å². The number of hydrogen-bond donors (Lipinski definition) is 1. The van der Waals surface area contributed by atoms with Crippen molar-refractivity contribution < 1.29 is 19.1 Å². The van der Waals surface area contributed by atoms with E-state index in [1.165, 1.54) is 6.42 Å². The Balaban J connectivity index is 1.73. The predicted molar refractivity (Wildman–Crippen MR) is 130 cm³/mol. The maximum absolute atomic E-state index is 13.3. The largest absolute Gasteiger partial charge is 0.497 e. The molecule has 1 aliphatic carbocycles. The highest BCUT2D eigenvalue weighted by Gasteiger charge is 2.30. The average Bonchev–Trinajstić information content (AvgIpc) is 2.84. The van der Waals surface area contributed by atoms with Gasteiger partial charge < -0.3 is 19.7 Å². The SMILES string of the molecule is CCC(C(=O)NC1CCCCC1)N(Cc1ccc(Cl)cc1)C(=O)COc1ccc(OC)cc1. The van der Waals surface area contributed by atoms with Crippen LogP contribution in [0.5, 0.6) is 11.5 Å². The van der Waals surface area contributed by atoms with E-state index in [9.17, 15) is 9.59 Å². The first-order valence-electron chi connectivity index (χ1n) is 11.6. The van der Waals surface area contributed by atoms with Gasteiger partial charge in [-0.05, 0) is 61.2 Å². The van der Waals surface area contributed by atoms with Crippen molar-refractivity contribution in [2.45, 2.75) is 64.1 Å². The minimum Gasteiger partial charge on any atom is -0.497 e. The Morgan fingerprint density at radius 1 is 1.03 bits per heavy atom. The second-order valence-corrected chi connectivity index (χ2v) is 8.82. The molecule has 2 amide bonds. The van der Waals surface area contributed by atoms with Crippen molar-refractivity contribution in [1.82, 2.24) is 10.2 Å². The van der Waals surface area contributed by atoms with Crippen LogP contribution in [-0.2, 0) is 16.1 Å². The summed E-state index contributed by atoms with van der Waals surface area (Å²) in [6.07, 6.45) is 5.98. The highest BCUT2D eigenvalue weighted by Crippen LogP contribution is 2.21. The van der Waals surface area contributed by atoms with E-state index in [1.807, 2.05) is 19.1 Å². The van der Waals surface area contributed by atoms with E-state index >= 15 is 0 Å². The molecule has 1 aliphatic rings. The number of amides is 2. The quantitative estimate of drug-likeness (QED) is 0.529. The van der Waals surface area contributed by atoms with Crippen molar-refractivity contribution >= 4 is 23.4 Å². The Hall–Kier alpha value is -2.73. The molecule has 7 heteroatoms. The minimum atomic E-state index is -0.574. The fraction of sp³-hybridized carbons (Fsp3) is 0.462. The van der Waals surface area contributed by atoms with Gasteiger partial charge in [-0.3, -0.25) is 9.59 Å². The third-order valence-electron chi connectivity index (χ3n) is 6.03. The molecule has 1 saturated carbocycles. The molecule has 0 spiro atoms. The number of nitrogens with one attached hydrogen (secondary N) is 1. The van der Waals surface area contributed by atoms with Crippen LogP contribution in [0.4, 0.5) is 0 Å². The van der Waals surface area contributed by atoms with Crippen LogP contribution in [0.15, 0.2) is 48.5 Å². The fourth-order valence-electron chi connectivity index (χ4n) is 4.15. The molecule has 0 bridgehead atoms. The lowest BCUT2D eigenvalue weighted by molar-refractivity contribution is -0.143. The molecule has 2 aromatic rings. The molecule has 2 aromatic carbocycles. The number of ether oxygens (including phenoxy) is 2. The maximum Gasteiger partial charge on any atom is 0.261 e. The van der Waals surface area contributed by atoms with Crippen LogP contribution >= 0.6 is 11.6 Å². The van der Waals surface area contributed by atoms with Crippen LogP contribution in [0, 0.1) is 0 Å². The van der Waals surface area contributed by atoms with Crippen LogP contribution in [-0.4, -0.2) is 42.5 Å². The van der Waals surface area contributed by atoms with Gasteiger partial charge in [-0.25, -0.2) is 0 Å². The minimum absolute atomic E-state index is 0.101. The standard InChI is InChI=1S/C26H33ClN2O4/c1-3-24(26(31)28-21-7-5-4-6-8-21)29(17-19-9-11-20(27)12-10-19)25(30)18-33-23-15-13-22(32-2)14-16-23/h9-16,21,24H,3-8,17-18H2,1-2H3,(H,28,31). The van der Waals surface area contributed by atoms with E-state index in [-0.39, 0.29) is 24.5 Å². The lowest BCUT2D eigenvalue weighted by Gasteiger charge is -2.32. The lowest BCUT2D eigenvalue weighted by Crippen LogP contribution is -2.52. The number of carbonyl (C=O) groups is 2. The summed E-state index contributed by atoms with van der Waals surface area (Å²) in [5, 5.41) is 3.80. The Labute approximate surface area is 201 Å². The molecule has 1 atom stereocenters. The fourth-order valence-corrected chi connectivity index (χ4v) is 4.28. The van der Waals surface area contributed by atoms with Crippen LogP contribution in [0.1, 0.15) is 51.0 Å². The number of halogens is 1. The first kappa shape index (κ1) is 24.9. The van der Waals surface area contributed by atoms with Crippen molar-refractivity contribution in [3.63, 3.8) is 0 Å². The molecular weight excluding hydrogens is 440 g/mol. The van der Waals surface area contributed by atoms with Crippen molar-refractivity contribution in [2.75, 3.05) is 13.7 Å². The first-order chi connectivity index (χ1) is 16.0. The second-order valence-electron chi connectivity index (χ2n) is 8.38. The molecule has 1 unspecified atom stereocenters. The van der Waals surface area contributed by atoms with Gasteiger partial charge in [0, 0.05) is 17.6 Å². The average molecular weight is 473 g/mol. The first-order valence-corrected chi connectivity index (χ1v) is 12.0. The summed E-state index contributed by atoms with van der Waals surface area (Å²) in [6.45, 7) is 2.07. The Kier molecular flexibility index (Phi) is 9.43. The summed E-state index contributed by atoms with van der Waals surface area (Å²) < 4.78 is 10.9.